The largest absolute Gasteiger partial charge is 0.404 e. The molecule has 0 unspecified atom stereocenters. The first-order valence-corrected chi connectivity index (χ1v) is 4.13. The van der Waals surface area contributed by atoms with Gasteiger partial charge in [0, 0.05) is 13.3 Å². The van der Waals surface area contributed by atoms with Crippen molar-refractivity contribution in [3.8, 4) is 0 Å². The van der Waals surface area contributed by atoms with Gasteiger partial charge < -0.3 is 10.5 Å². The van der Waals surface area contributed by atoms with E-state index in [0.717, 1.165) is 5.57 Å². The predicted octanol–water partition coefficient (Wildman–Crippen LogP) is 1.20. The Morgan fingerprint density at radius 1 is 1.58 bits per heavy atom. The summed E-state index contributed by atoms with van der Waals surface area (Å²) in [5.74, 6) is 0.432. The minimum Gasteiger partial charge on any atom is -0.404 e. The molecule has 0 atom stereocenters. The fraction of sp³-hybridized carbons (Fsp3) is 0.667. The Hall–Kier alpha value is -0.830. The second kappa shape index (κ2) is 6.85. The number of ether oxygens (including phenoxy) is 1. The molecule has 0 fully saturated rings. The van der Waals surface area contributed by atoms with E-state index in [0.29, 0.717) is 19.1 Å². The van der Waals surface area contributed by atoms with Crippen molar-refractivity contribution in [1.29, 1.82) is 0 Å². The first kappa shape index (κ1) is 11.2. The lowest BCUT2D eigenvalue weighted by Crippen LogP contribution is -2.01. The van der Waals surface area contributed by atoms with Crippen LogP contribution in [-0.4, -0.2) is 26.5 Å². The van der Waals surface area contributed by atoms with Crippen LogP contribution < -0.4 is 5.73 Å². The summed E-state index contributed by atoms with van der Waals surface area (Å²) in [5.41, 5.74) is 6.47. The van der Waals surface area contributed by atoms with Crippen LogP contribution in [0.1, 0.15) is 13.8 Å². The van der Waals surface area contributed by atoms with Gasteiger partial charge in [0.05, 0.1) is 13.2 Å². The molecule has 3 heteroatoms. The molecule has 0 aliphatic carbocycles. The summed E-state index contributed by atoms with van der Waals surface area (Å²) in [5, 5.41) is 0. The maximum absolute atomic E-state index is 5.40. The van der Waals surface area contributed by atoms with Gasteiger partial charge in [-0.2, -0.15) is 0 Å². The van der Waals surface area contributed by atoms with Crippen molar-refractivity contribution in [2.45, 2.75) is 13.8 Å². The average molecular weight is 170 g/mol. The highest BCUT2D eigenvalue weighted by molar-refractivity contribution is 5.78. The SMILES string of the molecule is COCCN=CC(=CN)C(C)C. The summed E-state index contributed by atoms with van der Waals surface area (Å²) in [4.78, 5) is 4.16. The number of allylic oxidation sites excluding steroid dienone is 1. The quantitative estimate of drug-likeness (QED) is 0.498. The van der Waals surface area contributed by atoms with E-state index in [1.165, 1.54) is 0 Å². The van der Waals surface area contributed by atoms with E-state index in [9.17, 15) is 0 Å². The molecule has 0 aliphatic heterocycles. The molecule has 12 heavy (non-hydrogen) atoms. The standard InChI is InChI=1S/C9H18N2O/c1-8(2)9(6-10)7-11-4-5-12-3/h6-8H,4-5,10H2,1-3H3. The second-order valence-electron chi connectivity index (χ2n) is 2.85. The Balaban J connectivity index is 3.79. The highest BCUT2D eigenvalue weighted by Crippen LogP contribution is 2.04. The van der Waals surface area contributed by atoms with Crippen molar-refractivity contribution in [3.63, 3.8) is 0 Å². The molecule has 70 valence electrons. The van der Waals surface area contributed by atoms with Gasteiger partial charge in [-0.05, 0) is 17.7 Å². The monoisotopic (exact) mass is 170 g/mol. The van der Waals surface area contributed by atoms with Crippen molar-refractivity contribution in [1.82, 2.24) is 0 Å². The van der Waals surface area contributed by atoms with Crippen LogP contribution >= 0.6 is 0 Å². The topological polar surface area (TPSA) is 47.6 Å². The third kappa shape index (κ3) is 4.91. The van der Waals surface area contributed by atoms with Gasteiger partial charge in [0.1, 0.15) is 0 Å². The zero-order chi connectivity index (χ0) is 9.40. The van der Waals surface area contributed by atoms with Crippen LogP contribution in [0.2, 0.25) is 0 Å². The van der Waals surface area contributed by atoms with Crippen molar-refractivity contribution in [2.75, 3.05) is 20.3 Å². The van der Waals surface area contributed by atoms with Crippen molar-refractivity contribution >= 4 is 6.21 Å². The summed E-state index contributed by atoms with van der Waals surface area (Å²) in [7, 11) is 1.66. The molecule has 2 N–H and O–H groups in total. The molecule has 0 saturated carbocycles. The lowest BCUT2D eigenvalue weighted by atomic mass is 10.1. The number of hydrogen-bond acceptors (Lipinski definition) is 3. The average Bonchev–Trinajstić information content (AvgIpc) is 2.04. The Kier molecular flexibility index (Phi) is 6.38. The molecule has 0 aromatic carbocycles. The van der Waals surface area contributed by atoms with E-state index >= 15 is 0 Å². The van der Waals surface area contributed by atoms with Crippen LogP contribution in [0.4, 0.5) is 0 Å². The van der Waals surface area contributed by atoms with Gasteiger partial charge in [-0.1, -0.05) is 13.8 Å². The van der Waals surface area contributed by atoms with Crippen LogP contribution in [0.15, 0.2) is 16.8 Å². The number of methoxy groups -OCH3 is 1. The maximum Gasteiger partial charge on any atom is 0.0658 e. The molecule has 0 aliphatic rings. The van der Waals surface area contributed by atoms with E-state index in [2.05, 4.69) is 18.8 Å². The number of nitrogens with two attached hydrogens (primary N) is 1. The fourth-order valence-corrected chi connectivity index (χ4v) is 0.699. The highest BCUT2D eigenvalue weighted by Gasteiger charge is 1.97. The lowest BCUT2D eigenvalue weighted by molar-refractivity contribution is 0.208. The van der Waals surface area contributed by atoms with E-state index in [4.69, 9.17) is 10.5 Å². The highest BCUT2D eigenvalue weighted by atomic mass is 16.5. The van der Waals surface area contributed by atoms with Gasteiger partial charge in [0.25, 0.3) is 0 Å². The molecule has 0 amide bonds. The number of rotatable bonds is 5. The van der Waals surface area contributed by atoms with Crippen molar-refractivity contribution < 1.29 is 4.74 Å². The maximum atomic E-state index is 5.40. The van der Waals surface area contributed by atoms with E-state index < -0.39 is 0 Å². The van der Waals surface area contributed by atoms with Gasteiger partial charge in [0.2, 0.25) is 0 Å². The van der Waals surface area contributed by atoms with Crippen LogP contribution in [0, 0.1) is 5.92 Å². The zero-order valence-electron chi connectivity index (χ0n) is 8.08. The normalized spacial score (nSPS) is 13.2. The van der Waals surface area contributed by atoms with Crippen LogP contribution in [-0.2, 0) is 4.74 Å². The number of aliphatic imine (C=N–C) groups is 1. The predicted molar refractivity (Wildman–Crippen MR) is 52.3 cm³/mol. The third-order valence-corrected chi connectivity index (χ3v) is 1.52. The van der Waals surface area contributed by atoms with Crippen LogP contribution in [0.3, 0.4) is 0 Å². The first-order chi connectivity index (χ1) is 5.72. The fourth-order valence-electron chi connectivity index (χ4n) is 0.699. The van der Waals surface area contributed by atoms with E-state index in [1.54, 1.807) is 13.3 Å². The Labute approximate surface area is 74.3 Å². The zero-order valence-corrected chi connectivity index (χ0v) is 8.08. The molecular weight excluding hydrogens is 152 g/mol. The third-order valence-electron chi connectivity index (χ3n) is 1.52. The molecule has 0 aromatic rings. The van der Waals surface area contributed by atoms with Gasteiger partial charge in [-0.25, -0.2) is 0 Å². The summed E-state index contributed by atoms with van der Waals surface area (Å²) in [6, 6.07) is 0. The molecule has 0 radical (unpaired) electrons. The van der Waals surface area contributed by atoms with E-state index in [1.807, 2.05) is 6.21 Å². The van der Waals surface area contributed by atoms with Crippen LogP contribution in [0.25, 0.3) is 0 Å². The minimum absolute atomic E-state index is 0.432. The molecule has 0 spiro atoms. The molecule has 0 saturated heterocycles. The summed E-state index contributed by atoms with van der Waals surface area (Å²) >= 11 is 0. The van der Waals surface area contributed by atoms with Crippen LogP contribution in [0.5, 0.6) is 0 Å². The summed E-state index contributed by atoms with van der Waals surface area (Å²) < 4.78 is 4.85. The molecule has 0 rings (SSSR count). The Morgan fingerprint density at radius 3 is 2.67 bits per heavy atom. The first-order valence-electron chi connectivity index (χ1n) is 4.13. The number of nitrogens with zero attached hydrogens (tertiary/aromatic N) is 1. The van der Waals surface area contributed by atoms with Gasteiger partial charge in [0.15, 0.2) is 0 Å². The number of hydrogen-bond donors (Lipinski definition) is 1. The molecule has 0 heterocycles. The molecular formula is C9H18N2O. The summed E-state index contributed by atoms with van der Waals surface area (Å²) in [6.07, 6.45) is 3.41. The van der Waals surface area contributed by atoms with Gasteiger partial charge in [-0.3, -0.25) is 4.99 Å². The van der Waals surface area contributed by atoms with Gasteiger partial charge in [-0.15, -0.1) is 0 Å². The summed E-state index contributed by atoms with van der Waals surface area (Å²) in [6.45, 7) is 5.52. The van der Waals surface area contributed by atoms with Gasteiger partial charge >= 0.3 is 0 Å². The molecule has 0 bridgehead atoms. The Morgan fingerprint density at radius 2 is 2.25 bits per heavy atom. The molecule has 0 aromatic heterocycles. The minimum atomic E-state index is 0.432. The van der Waals surface area contributed by atoms with Crippen molar-refractivity contribution in [3.05, 3.63) is 11.8 Å². The smallest absolute Gasteiger partial charge is 0.0658 e. The van der Waals surface area contributed by atoms with E-state index in [-0.39, 0.29) is 0 Å². The molecule has 3 nitrogen and oxygen atoms in total. The van der Waals surface area contributed by atoms with Crippen molar-refractivity contribution in [2.24, 2.45) is 16.6 Å². The lowest BCUT2D eigenvalue weighted by Gasteiger charge is -2.03. The Bertz CT molecular complexity index is 162. The second-order valence-corrected chi connectivity index (χ2v) is 2.85.